The van der Waals surface area contributed by atoms with Crippen LogP contribution in [0.2, 0.25) is 0 Å². The quantitative estimate of drug-likeness (QED) is 0.378. The molecule has 8 heteroatoms. The van der Waals surface area contributed by atoms with Crippen LogP contribution in [-0.2, 0) is 9.53 Å². The summed E-state index contributed by atoms with van der Waals surface area (Å²) in [5.74, 6) is 0.00191. The molecule has 1 N–H and O–H groups in total. The average Bonchev–Trinajstić information content (AvgIpc) is 2.77. The first-order valence-electron chi connectivity index (χ1n) is 9.48. The molecule has 0 aliphatic carbocycles. The van der Waals surface area contributed by atoms with E-state index in [1.54, 1.807) is 42.5 Å². The third-order valence-corrected chi connectivity index (χ3v) is 4.51. The summed E-state index contributed by atoms with van der Waals surface area (Å²) < 4.78 is 21.4. The van der Waals surface area contributed by atoms with Gasteiger partial charge in [0, 0.05) is 11.9 Å². The summed E-state index contributed by atoms with van der Waals surface area (Å²) in [7, 11) is 0. The molecule has 4 rings (SSSR count). The van der Waals surface area contributed by atoms with E-state index < -0.39 is 23.6 Å². The zero-order chi connectivity index (χ0) is 20.9. The summed E-state index contributed by atoms with van der Waals surface area (Å²) in [5, 5.41) is 3.28. The molecular formula is C22H19NO7. The molecule has 1 amide bonds. The van der Waals surface area contributed by atoms with Gasteiger partial charge >= 0.3 is 11.6 Å². The van der Waals surface area contributed by atoms with Gasteiger partial charge in [-0.05, 0) is 30.7 Å². The second-order valence-corrected chi connectivity index (χ2v) is 6.63. The van der Waals surface area contributed by atoms with Crippen molar-refractivity contribution in [1.82, 2.24) is 5.32 Å². The van der Waals surface area contributed by atoms with Crippen LogP contribution < -0.4 is 20.4 Å². The fourth-order valence-electron chi connectivity index (χ4n) is 2.99. The van der Waals surface area contributed by atoms with Crippen molar-refractivity contribution in [1.29, 1.82) is 0 Å². The molecule has 0 bridgehead atoms. The van der Waals surface area contributed by atoms with Crippen LogP contribution in [0.4, 0.5) is 0 Å². The maximum Gasteiger partial charge on any atom is 0.350 e. The minimum Gasteiger partial charge on any atom is -0.485 e. The number of hydrogen-bond donors (Lipinski definition) is 1. The van der Waals surface area contributed by atoms with Crippen LogP contribution in [0.1, 0.15) is 16.8 Å². The first kappa shape index (κ1) is 19.5. The van der Waals surface area contributed by atoms with Crippen LogP contribution in [0.15, 0.2) is 63.8 Å². The lowest BCUT2D eigenvalue weighted by Crippen LogP contribution is -2.38. The number of esters is 1. The number of benzene rings is 2. The fourth-order valence-corrected chi connectivity index (χ4v) is 2.99. The van der Waals surface area contributed by atoms with Crippen molar-refractivity contribution in [2.45, 2.75) is 12.5 Å². The molecular weight excluding hydrogens is 390 g/mol. The Kier molecular flexibility index (Phi) is 5.65. The molecule has 0 fully saturated rings. The Balaban J connectivity index is 1.23. The summed E-state index contributed by atoms with van der Waals surface area (Å²) in [5.41, 5.74) is -0.355. The van der Waals surface area contributed by atoms with Crippen LogP contribution >= 0.6 is 0 Å². The van der Waals surface area contributed by atoms with Gasteiger partial charge in [0.15, 0.2) is 11.5 Å². The van der Waals surface area contributed by atoms with E-state index in [0.29, 0.717) is 28.9 Å². The summed E-state index contributed by atoms with van der Waals surface area (Å²) in [6.07, 6.45) is -0.461. The number of nitrogens with one attached hydrogen (secondary N) is 1. The van der Waals surface area contributed by atoms with E-state index in [1.165, 1.54) is 6.07 Å². The zero-order valence-corrected chi connectivity index (χ0v) is 16.0. The molecule has 1 aliphatic rings. The standard InChI is InChI=1S/C22H19NO7/c24-20(15-12-14-6-1-2-7-16(14)30-21(15)25)23-10-5-11-27-22(26)19-13-28-17-8-3-4-9-18(17)29-19/h1-4,6-9,12,19H,5,10-11,13H2,(H,23,24)/t19-/m0/s1. The van der Waals surface area contributed by atoms with Crippen LogP contribution in [0.25, 0.3) is 11.0 Å². The average molecular weight is 409 g/mol. The van der Waals surface area contributed by atoms with Crippen molar-refractivity contribution in [3.05, 3.63) is 70.6 Å². The van der Waals surface area contributed by atoms with Crippen molar-refractivity contribution < 1.29 is 28.2 Å². The Morgan fingerprint density at radius 2 is 1.83 bits per heavy atom. The highest BCUT2D eigenvalue weighted by molar-refractivity contribution is 5.96. The van der Waals surface area contributed by atoms with Crippen molar-refractivity contribution in [2.75, 3.05) is 19.8 Å². The molecule has 1 aliphatic heterocycles. The number of fused-ring (bicyclic) bond motifs is 2. The third-order valence-electron chi connectivity index (χ3n) is 4.51. The van der Waals surface area contributed by atoms with Crippen LogP contribution in [0, 0.1) is 0 Å². The zero-order valence-electron chi connectivity index (χ0n) is 16.0. The molecule has 154 valence electrons. The lowest BCUT2D eigenvalue weighted by Gasteiger charge is -2.24. The van der Waals surface area contributed by atoms with E-state index in [2.05, 4.69) is 5.32 Å². The number of ether oxygens (including phenoxy) is 3. The Morgan fingerprint density at radius 1 is 1.07 bits per heavy atom. The lowest BCUT2D eigenvalue weighted by atomic mass is 10.2. The normalized spacial score (nSPS) is 14.9. The summed E-state index contributed by atoms with van der Waals surface area (Å²) in [6.45, 7) is 0.389. The predicted molar refractivity (Wildman–Crippen MR) is 107 cm³/mol. The minimum absolute atomic E-state index is 0.0721. The summed E-state index contributed by atoms with van der Waals surface area (Å²) >= 11 is 0. The second-order valence-electron chi connectivity index (χ2n) is 6.63. The van der Waals surface area contributed by atoms with Gasteiger partial charge in [0.2, 0.25) is 6.10 Å². The molecule has 2 aromatic carbocycles. The van der Waals surface area contributed by atoms with Gasteiger partial charge in [-0.1, -0.05) is 30.3 Å². The van der Waals surface area contributed by atoms with Gasteiger partial charge < -0.3 is 23.9 Å². The molecule has 0 unspecified atom stereocenters. The minimum atomic E-state index is -0.836. The molecule has 1 aromatic heterocycles. The molecule has 2 heterocycles. The van der Waals surface area contributed by atoms with E-state index in [0.717, 1.165) is 0 Å². The van der Waals surface area contributed by atoms with Crippen molar-refractivity contribution in [2.24, 2.45) is 0 Å². The maximum absolute atomic E-state index is 12.3. The Hall–Kier alpha value is -3.81. The monoisotopic (exact) mass is 409 g/mol. The topological polar surface area (TPSA) is 104 Å². The molecule has 1 atom stereocenters. The largest absolute Gasteiger partial charge is 0.485 e. The van der Waals surface area contributed by atoms with Crippen LogP contribution in [-0.4, -0.2) is 37.7 Å². The van der Waals surface area contributed by atoms with E-state index in [1.807, 2.05) is 6.07 Å². The molecule has 8 nitrogen and oxygen atoms in total. The summed E-state index contributed by atoms with van der Waals surface area (Å²) in [4.78, 5) is 36.4. The molecule has 0 radical (unpaired) electrons. The van der Waals surface area contributed by atoms with E-state index in [-0.39, 0.29) is 25.3 Å². The highest BCUT2D eigenvalue weighted by Gasteiger charge is 2.28. The van der Waals surface area contributed by atoms with Gasteiger partial charge in [0.25, 0.3) is 5.91 Å². The number of rotatable bonds is 6. The van der Waals surface area contributed by atoms with Crippen LogP contribution in [0.5, 0.6) is 11.5 Å². The number of hydrogen-bond acceptors (Lipinski definition) is 7. The highest BCUT2D eigenvalue weighted by Crippen LogP contribution is 2.31. The number of carbonyl (C=O) groups excluding carboxylic acids is 2. The maximum atomic E-state index is 12.3. The van der Waals surface area contributed by atoms with Gasteiger partial charge in [-0.3, -0.25) is 4.79 Å². The Morgan fingerprint density at radius 3 is 2.70 bits per heavy atom. The van der Waals surface area contributed by atoms with Gasteiger partial charge in [0.1, 0.15) is 17.8 Å². The highest BCUT2D eigenvalue weighted by atomic mass is 16.6. The summed E-state index contributed by atoms with van der Waals surface area (Å²) in [6, 6.07) is 15.5. The number of para-hydroxylation sites is 3. The number of amides is 1. The molecule has 30 heavy (non-hydrogen) atoms. The van der Waals surface area contributed by atoms with Gasteiger partial charge in [-0.2, -0.15) is 0 Å². The second kappa shape index (κ2) is 8.69. The molecule has 0 spiro atoms. The third kappa shape index (κ3) is 4.27. The number of carbonyl (C=O) groups is 2. The first-order valence-corrected chi connectivity index (χ1v) is 9.48. The molecule has 3 aromatic rings. The smallest absolute Gasteiger partial charge is 0.350 e. The van der Waals surface area contributed by atoms with Gasteiger partial charge in [0.05, 0.1) is 6.61 Å². The lowest BCUT2D eigenvalue weighted by molar-refractivity contribution is -0.154. The van der Waals surface area contributed by atoms with Crippen molar-refractivity contribution in [3.8, 4) is 11.5 Å². The van der Waals surface area contributed by atoms with Crippen molar-refractivity contribution >= 4 is 22.8 Å². The Bertz CT molecular complexity index is 1140. The first-order chi connectivity index (χ1) is 14.6. The molecule has 0 saturated heterocycles. The van der Waals surface area contributed by atoms with Crippen LogP contribution in [0.3, 0.4) is 0 Å². The van der Waals surface area contributed by atoms with Gasteiger partial charge in [-0.15, -0.1) is 0 Å². The van der Waals surface area contributed by atoms with E-state index in [4.69, 9.17) is 18.6 Å². The van der Waals surface area contributed by atoms with Crippen molar-refractivity contribution in [3.63, 3.8) is 0 Å². The Labute approximate surface area is 171 Å². The predicted octanol–water partition coefficient (Wildman–Crippen LogP) is 2.30. The molecule has 0 saturated carbocycles. The van der Waals surface area contributed by atoms with E-state index in [9.17, 15) is 14.4 Å². The van der Waals surface area contributed by atoms with E-state index >= 15 is 0 Å². The van der Waals surface area contributed by atoms with Gasteiger partial charge in [-0.25, -0.2) is 9.59 Å². The fraction of sp³-hybridized carbons (Fsp3) is 0.227. The SMILES string of the molecule is O=C(NCCCOC(=O)[C@@H]1COc2ccccc2O1)c1cc2ccccc2oc1=O.